The number of aromatic hydroxyl groups is 1. The zero-order valence-corrected chi connectivity index (χ0v) is 8.71. The molecule has 2 heteroatoms. The molecule has 0 aromatic heterocycles. The van der Waals surface area contributed by atoms with Crippen LogP contribution in [0.4, 0.5) is 0 Å². The molecule has 76 valence electrons. The maximum absolute atomic E-state index is 9.37. The van der Waals surface area contributed by atoms with Crippen molar-refractivity contribution in [1.29, 1.82) is 0 Å². The molecule has 0 heterocycles. The van der Waals surface area contributed by atoms with Gasteiger partial charge in [-0.2, -0.15) is 0 Å². The fourth-order valence-electron chi connectivity index (χ4n) is 1.24. The van der Waals surface area contributed by atoms with Gasteiger partial charge in [0.25, 0.3) is 0 Å². The van der Waals surface area contributed by atoms with Gasteiger partial charge < -0.3 is 9.84 Å². The van der Waals surface area contributed by atoms with Gasteiger partial charge in [-0.15, -0.1) is 6.58 Å². The Labute approximate surface area is 84.8 Å². The van der Waals surface area contributed by atoms with Crippen LogP contribution in [0, 0.1) is 0 Å². The molecule has 1 aromatic carbocycles. The zero-order chi connectivity index (χ0) is 10.6. The van der Waals surface area contributed by atoms with E-state index in [4.69, 9.17) is 4.74 Å². The summed E-state index contributed by atoms with van der Waals surface area (Å²) in [5, 5.41) is 9.37. The number of phenols is 1. The molecule has 0 fully saturated rings. The molecule has 0 amide bonds. The number of phenolic OH excluding ortho intramolecular Hbond substituents is 1. The molecule has 0 radical (unpaired) electrons. The van der Waals surface area contributed by atoms with Crippen LogP contribution in [0.1, 0.15) is 18.9 Å². The van der Waals surface area contributed by atoms with Crippen molar-refractivity contribution in [3.63, 3.8) is 0 Å². The summed E-state index contributed by atoms with van der Waals surface area (Å²) < 4.78 is 5.02. The summed E-state index contributed by atoms with van der Waals surface area (Å²) in [6, 6.07) is 5.42. The Balaban J connectivity index is 2.74. The quantitative estimate of drug-likeness (QED) is 0.743. The lowest BCUT2D eigenvalue weighted by molar-refractivity contribution is 0.373. The van der Waals surface area contributed by atoms with E-state index in [0.29, 0.717) is 5.75 Å². The lowest BCUT2D eigenvalue weighted by Gasteiger charge is -2.06. The summed E-state index contributed by atoms with van der Waals surface area (Å²) >= 11 is 0. The first-order valence-corrected chi connectivity index (χ1v) is 4.63. The van der Waals surface area contributed by atoms with E-state index in [1.807, 2.05) is 19.1 Å². The van der Waals surface area contributed by atoms with Crippen LogP contribution in [-0.2, 0) is 6.42 Å². The summed E-state index contributed by atoms with van der Waals surface area (Å²) in [5.41, 5.74) is 2.32. The summed E-state index contributed by atoms with van der Waals surface area (Å²) in [7, 11) is 1.55. The van der Waals surface area contributed by atoms with Gasteiger partial charge in [-0.1, -0.05) is 11.6 Å². The van der Waals surface area contributed by atoms with Crippen molar-refractivity contribution < 1.29 is 9.84 Å². The van der Waals surface area contributed by atoms with Gasteiger partial charge in [-0.25, -0.2) is 0 Å². The van der Waals surface area contributed by atoms with Crippen LogP contribution in [0.15, 0.2) is 30.4 Å². The number of aryl methyl sites for hydroxylation is 1. The van der Waals surface area contributed by atoms with E-state index in [2.05, 4.69) is 6.58 Å². The first kappa shape index (κ1) is 10.6. The van der Waals surface area contributed by atoms with Gasteiger partial charge in [0.2, 0.25) is 0 Å². The van der Waals surface area contributed by atoms with Crippen LogP contribution in [0.25, 0.3) is 0 Å². The van der Waals surface area contributed by atoms with Crippen LogP contribution >= 0.6 is 0 Å². The summed E-state index contributed by atoms with van der Waals surface area (Å²) in [5.74, 6) is 0.718. The molecule has 0 spiro atoms. The fraction of sp³-hybridized carbons (Fsp3) is 0.333. The highest BCUT2D eigenvalue weighted by Gasteiger charge is 2.02. The van der Waals surface area contributed by atoms with Crippen LogP contribution in [0.3, 0.4) is 0 Å². The lowest BCUT2D eigenvalue weighted by atomic mass is 10.1. The van der Waals surface area contributed by atoms with E-state index in [1.165, 1.54) is 0 Å². The molecule has 0 saturated carbocycles. The Bertz CT molecular complexity index is 329. The Hall–Kier alpha value is -1.44. The predicted molar refractivity (Wildman–Crippen MR) is 57.8 cm³/mol. The highest BCUT2D eigenvalue weighted by molar-refractivity contribution is 5.41. The molecule has 1 N–H and O–H groups in total. The number of allylic oxidation sites excluding steroid dienone is 1. The normalized spacial score (nSPS) is 9.86. The minimum absolute atomic E-state index is 0.187. The van der Waals surface area contributed by atoms with Gasteiger partial charge >= 0.3 is 0 Å². The summed E-state index contributed by atoms with van der Waals surface area (Å²) in [4.78, 5) is 0. The largest absolute Gasteiger partial charge is 0.504 e. The molecule has 0 unspecified atom stereocenters. The molecule has 0 aliphatic carbocycles. The molecule has 0 saturated heterocycles. The molecular weight excluding hydrogens is 176 g/mol. The second-order valence-electron chi connectivity index (χ2n) is 3.46. The number of rotatable bonds is 4. The molecule has 14 heavy (non-hydrogen) atoms. The second kappa shape index (κ2) is 4.70. The summed E-state index contributed by atoms with van der Waals surface area (Å²) in [6.45, 7) is 5.86. The minimum Gasteiger partial charge on any atom is -0.504 e. The predicted octanol–water partition coefficient (Wildman–Crippen LogP) is 2.91. The topological polar surface area (TPSA) is 29.5 Å². The SMILES string of the molecule is C=C(C)CCc1ccc(O)c(OC)c1. The van der Waals surface area contributed by atoms with E-state index in [1.54, 1.807) is 13.2 Å². The van der Waals surface area contributed by atoms with E-state index in [9.17, 15) is 5.11 Å². The third kappa shape index (κ3) is 2.80. The van der Waals surface area contributed by atoms with Gasteiger partial charge in [0.05, 0.1) is 7.11 Å². The van der Waals surface area contributed by atoms with Gasteiger partial charge in [0.15, 0.2) is 11.5 Å². The minimum atomic E-state index is 0.187. The van der Waals surface area contributed by atoms with Crippen molar-refractivity contribution in [2.24, 2.45) is 0 Å². The average molecular weight is 192 g/mol. The van der Waals surface area contributed by atoms with Crippen molar-refractivity contribution >= 4 is 0 Å². The second-order valence-corrected chi connectivity index (χ2v) is 3.46. The fourth-order valence-corrected chi connectivity index (χ4v) is 1.24. The molecule has 0 aliphatic heterocycles. The first-order valence-electron chi connectivity index (χ1n) is 4.63. The number of hydrogen-bond donors (Lipinski definition) is 1. The smallest absolute Gasteiger partial charge is 0.160 e. The lowest BCUT2D eigenvalue weighted by Crippen LogP contribution is -1.89. The molecule has 0 aliphatic rings. The van der Waals surface area contributed by atoms with E-state index in [-0.39, 0.29) is 5.75 Å². The first-order chi connectivity index (χ1) is 6.63. The molecular formula is C12H16O2. The maximum Gasteiger partial charge on any atom is 0.160 e. The Kier molecular flexibility index (Phi) is 3.57. The van der Waals surface area contributed by atoms with Crippen molar-refractivity contribution in [3.8, 4) is 11.5 Å². The molecule has 1 aromatic rings. The van der Waals surface area contributed by atoms with E-state index >= 15 is 0 Å². The van der Waals surface area contributed by atoms with E-state index < -0.39 is 0 Å². The zero-order valence-electron chi connectivity index (χ0n) is 8.71. The van der Waals surface area contributed by atoms with Gasteiger partial charge in [0, 0.05) is 0 Å². The summed E-state index contributed by atoms with van der Waals surface area (Å²) in [6.07, 6.45) is 1.90. The molecule has 0 atom stereocenters. The van der Waals surface area contributed by atoms with Crippen LogP contribution in [-0.4, -0.2) is 12.2 Å². The molecule has 0 bridgehead atoms. The average Bonchev–Trinajstić information content (AvgIpc) is 2.16. The standard InChI is InChI=1S/C12H16O2/c1-9(2)4-5-10-6-7-11(13)12(8-10)14-3/h6-8,13H,1,4-5H2,2-3H3. The highest BCUT2D eigenvalue weighted by atomic mass is 16.5. The van der Waals surface area contributed by atoms with Crippen molar-refractivity contribution in [2.45, 2.75) is 19.8 Å². The number of methoxy groups -OCH3 is 1. The number of benzene rings is 1. The van der Waals surface area contributed by atoms with Gasteiger partial charge in [0.1, 0.15) is 0 Å². The van der Waals surface area contributed by atoms with Crippen LogP contribution in [0.5, 0.6) is 11.5 Å². The number of hydrogen-bond acceptors (Lipinski definition) is 2. The maximum atomic E-state index is 9.37. The van der Waals surface area contributed by atoms with Crippen molar-refractivity contribution in [1.82, 2.24) is 0 Å². The van der Waals surface area contributed by atoms with Crippen molar-refractivity contribution in [3.05, 3.63) is 35.9 Å². The molecule has 1 rings (SSSR count). The van der Waals surface area contributed by atoms with Crippen LogP contribution in [0.2, 0.25) is 0 Å². The van der Waals surface area contributed by atoms with Crippen LogP contribution < -0.4 is 4.74 Å². The highest BCUT2D eigenvalue weighted by Crippen LogP contribution is 2.26. The Morgan fingerprint density at radius 3 is 2.79 bits per heavy atom. The van der Waals surface area contributed by atoms with Gasteiger partial charge in [-0.05, 0) is 37.5 Å². The monoisotopic (exact) mass is 192 g/mol. The van der Waals surface area contributed by atoms with Gasteiger partial charge in [-0.3, -0.25) is 0 Å². The van der Waals surface area contributed by atoms with Crippen molar-refractivity contribution in [2.75, 3.05) is 7.11 Å². The van der Waals surface area contributed by atoms with E-state index in [0.717, 1.165) is 24.0 Å². The third-order valence-corrected chi connectivity index (χ3v) is 2.08. The Morgan fingerprint density at radius 2 is 2.21 bits per heavy atom. The third-order valence-electron chi connectivity index (χ3n) is 2.08. The number of ether oxygens (including phenoxy) is 1. The molecule has 2 nitrogen and oxygen atoms in total. The Morgan fingerprint density at radius 1 is 1.50 bits per heavy atom.